The van der Waals surface area contributed by atoms with Crippen molar-refractivity contribution in [3.05, 3.63) is 28.0 Å². The van der Waals surface area contributed by atoms with Gasteiger partial charge in [0.2, 0.25) is 0 Å². The largest absolute Gasteiger partial charge is 0.456 e. The molecule has 0 N–H and O–H groups in total. The number of aromatic nitrogens is 1. The molecule has 0 aliphatic rings. The van der Waals surface area contributed by atoms with Gasteiger partial charge in [0.15, 0.2) is 0 Å². The molecule has 1 aromatic rings. The molecule has 0 aliphatic heterocycles. The lowest BCUT2D eigenvalue weighted by Gasteiger charge is -2.20. The monoisotopic (exact) mass is 325 g/mol. The molecule has 0 saturated heterocycles. The second-order valence-electron chi connectivity index (χ2n) is 4.56. The zero-order valence-electron chi connectivity index (χ0n) is 9.93. The maximum atomic E-state index is 12.5. The predicted octanol–water partition coefficient (Wildman–Crippen LogP) is 3.82. The first-order valence-electron chi connectivity index (χ1n) is 4.97. The van der Waals surface area contributed by atoms with E-state index >= 15 is 0 Å². The molecule has 1 rings (SSSR count). The lowest BCUT2D eigenvalue weighted by atomic mass is 10.1. The van der Waals surface area contributed by atoms with E-state index in [4.69, 9.17) is 4.74 Å². The minimum absolute atomic E-state index is 0.0183. The van der Waals surface area contributed by atoms with Crippen LogP contribution in [0.1, 0.15) is 36.7 Å². The topological polar surface area (TPSA) is 39.2 Å². The molecular formula is C11H11BrF3NO2. The summed E-state index contributed by atoms with van der Waals surface area (Å²) < 4.78 is 42.5. The van der Waals surface area contributed by atoms with Crippen LogP contribution in [0.4, 0.5) is 13.2 Å². The Morgan fingerprint density at radius 2 is 1.89 bits per heavy atom. The fraction of sp³-hybridized carbons (Fsp3) is 0.455. The van der Waals surface area contributed by atoms with Crippen LogP contribution in [0.25, 0.3) is 0 Å². The molecule has 0 radical (unpaired) electrons. The van der Waals surface area contributed by atoms with Gasteiger partial charge in [-0.1, -0.05) is 0 Å². The molecule has 0 bridgehead atoms. The van der Waals surface area contributed by atoms with Crippen molar-refractivity contribution < 1.29 is 22.7 Å². The van der Waals surface area contributed by atoms with Crippen molar-refractivity contribution in [2.24, 2.45) is 0 Å². The van der Waals surface area contributed by atoms with Gasteiger partial charge in [0.25, 0.3) is 0 Å². The van der Waals surface area contributed by atoms with Gasteiger partial charge in [-0.2, -0.15) is 13.2 Å². The van der Waals surface area contributed by atoms with Crippen LogP contribution in [0.15, 0.2) is 16.9 Å². The highest BCUT2D eigenvalue weighted by atomic mass is 79.9. The lowest BCUT2D eigenvalue weighted by Crippen LogP contribution is -2.24. The summed E-state index contributed by atoms with van der Waals surface area (Å²) in [4.78, 5) is 15.2. The zero-order valence-corrected chi connectivity index (χ0v) is 11.5. The Morgan fingerprint density at radius 1 is 1.33 bits per heavy atom. The summed E-state index contributed by atoms with van der Waals surface area (Å²) in [5.74, 6) is -0.854. The summed E-state index contributed by atoms with van der Waals surface area (Å²) in [6.45, 7) is 4.87. The van der Waals surface area contributed by atoms with Gasteiger partial charge in [0.05, 0.1) is 11.1 Å². The highest BCUT2D eigenvalue weighted by molar-refractivity contribution is 9.10. The highest BCUT2D eigenvalue weighted by Crippen LogP contribution is 2.31. The SMILES string of the molecule is CC(C)(C)OC(=O)c1cc(C(F)(F)F)cnc1Br. The lowest BCUT2D eigenvalue weighted by molar-refractivity contribution is -0.137. The average molecular weight is 326 g/mol. The number of hydrogen-bond acceptors (Lipinski definition) is 3. The van der Waals surface area contributed by atoms with E-state index in [9.17, 15) is 18.0 Å². The second kappa shape index (κ2) is 4.87. The van der Waals surface area contributed by atoms with E-state index in [0.717, 1.165) is 0 Å². The summed E-state index contributed by atoms with van der Waals surface area (Å²) in [5.41, 5.74) is -2.03. The molecule has 100 valence electrons. The minimum Gasteiger partial charge on any atom is -0.456 e. The minimum atomic E-state index is -4.55. The second-order valence-corrected chi connectivity index (χ2v) is 5.31. The van der Waals surface area contributed by atoms with Gasteiger partial charge in [-0.05, 0) is 42.8 Å². The van der Waals surface area contributed by atoms with E-state index in [2.05, 4.69) is 20.9 Å². The van der Waals surface area contributed by atoms with Crippen molar-refractivity contribution >= 4 is 21.9 Å². The average Bonchev–Trinajstić information content (AvgIpc) is 2.13. The van der Waals surface area contributed by atoms with E-state index in [1.165, 1.54) is 0 Å². The summed E-state index contributed by atoms with van der Waals surface area (Å²) >= 11 is 2.93. The predicted molar refractivity (Wildman–Crippen MR) is 62.1 cm³/mol. The number of ether oxygens (including phenoxy) is 1. The number of rotatable bonds is 1. The first kappa shape index (κ1) is 14.9. The molecule has 3 nitrogen and oxygen atoms in total. The van der Waals surface area contributed by atoms with Crippen LogP contribution in [0, 0.1) is 0 Å². The van der Waals surface area contributed by atoms with Crippen molar-refractivity contribution in [3.63, 3.8) is 0 Å². The molecule has 0 fully saturated rings. The Morgan fingerprint density at radius 3 is 2.33 bits per heavy atom. The van der Waals surface area contributed by atoms with Crippen LogP contribution in [-0.2, 0) is 10.9 Å². The van der Waals surface area contributed by atoms with Crippen molar-refractivity contribution in [1.29, 1.82) is 0 Å². The highest BCUT2D eigenvalue weighted by Gasteiger charge is 2.33. The first-order valence-corrected chi connectivity index (χ1v) is 5.76. The number of carbonyl (C=O) groups is 1. The van der Waals surface area contributed by atoms with Crippen LogP contribution in [-0.4, -0.2) is 16.6 Å². The summed E-state index contributed by atoms with van der Waals surface area (Å²) in [7, 11) is 0. The molecule has 1 aromatic heterocycles. The molecule has 0 atom stereocenters. The Hall–Kier alpha value is -1.11. The molecular weight excluding hydrogens is 315 g/mol. The van der Waals surface area contributed by atoms with Gasteiger partial charge >= 0.3 is 12.1 Å². The maximum Gasteiger partial charge on any atom is 0.417 e. The molecule has 0 aromatic carbocycles. The standard InChI is InChI=1S/C11H11BrF3NO2/c1-10(2,3)18-9(17)7-4-6(11(13,14)15)5-16-8(7)12/h4-5H,1-3H3. The van der Waals surface area contributed by atoms with Gasteiger partial charge in [0, 0.05) is 6.20 Å². The van der Waals surface area contributed by atoms with E-state index in [-0.39, 0.29) is 10.2 Å². The summed E-state index contributed by atoms with van der Waals surface area (Å²) in [6, 6.07) is 0.713. The van der Waals surface area contributed by atoms with E-state index in [0.29, 0.717) is 12.3 Å². The van der Waals surface area contributed by atoms with Crippen molar-refractivity contribution in [2.45, 2.75) is 32.5 Å². The summed E-state index contributed by atoms with van der Waals surface area (Å²) in [6.07, 6.45) is -3.90. The van der Waals surface area contributed by atoms with Gasteiger partial charge in [-0.3, -0.25) is 0 Å². The van der Waals surface area contributed by atoms with Crippen LogP contribution >= 0.6 is 15.9 Å². The Labute approximate surface area is 110 Å². The molecule has 18 heavy (non-hydrogen) atoms. The third kappa shape index (κ3) is 3.97. The Balaban J connectivity index is 3.13. The van der Waals surface area contributed by atoms with Crippen molar-refractivity contribution in [3.8, 4) is 0 Å². The molecule has 7 heteroatoms. The fourth-order valence-corrected chi connectivity index (χ4v) is 1.46. The Bertz CT molecular complexity index is 466. The fourth-order valence-electron chi connectivity index (χ4n) is 1.08. The normalized spacial score (nSPS) is 12.4. The van der Waals surface area contributed by atoms with Crippen LogP contribution < -0.4 is 0 Å². The maximum absolute atomic E-state index is 12.5. The van der Waals surface area contributed by atoms with Crippen LogP contribution in [0.5, 0.6) is 0 Å². The van der Waals surface area contributed by atoms with E-state index in [1.807, 2.05) is 0 Å². The number of alkyl halides is 3. The van der Waals surface area contributed by atoms with Gasteiger partial charge < -0.3 is 4.74 Å². The van der Waals surface area contributed by atoms with E-state index < -0.39 is 23.3 Å². The molecule has 1 heterocycles. The van der Waals surface area contributed by atoms with Gasteiger partial charge in [-0.25, -0.2) is 9.78 Å². The summed E-state index contributed by atoms with van der Waals surface area (Å²) in [5, 5.41) is 0. The zero-order chi connectivity index (χ0) is 14.1. The quantitative estimate of drug-likeness (QED) is 0.582. The number of pyridine rings is 1. The van der Waals surface area contributed by atoms with E-state index in [1.54, 1.807) is 20.8 Å². The molecule has 0 saturated carbocycles. The molecule has 0 spiro atoms. The first-order chi connectivity index (χ1) is 8.00. The molecule has 0 amide bonds. The number of carbonyl (C=O) groups excluding carboxylic acids is 1. The number of halogens is 4. The Kier molecular flexibility index (Phi) is 4.05. The third-order valence-corrected chi connectivity index (χ3v) is 2.42. The van der Waals surface area contributed by atoms with Gasteiger partial charge in [0.1, 0.15) is 10.2 Å². The molecule has 0 aliphatic carbocycles. The van der Waals surface area contributed by atoms with Gasteiger partial charge in [-0.15, -0.1) is 0 Å². The number of nitrogens with zero attached hydrogens (tertiary/aromatic N) is 1. The number of hydrogen-bond donors (Lipinski definition) is 0. The number of esters is 1. The van der Waals surface area contributed by atoms with Crippen LogP contribution in [0.2, 0.25) is 0 Å². The third-order valence-electron chi connectivity index (χ3n) is 1.79. The van der Waals surface area contributed by atoms with Crippen LogP contribution in [0.3, 0.4) is 0 Å². The molecule has 0 unspecified atom stereocenters. The smallest absolute Gasteiger partial charge is 0.417 e. The van der Waals surface area contributed by atoms with Crippen molar-refractivity contribution in [2.75, 3.05) is 0 Å². The van der Waals surface area contributed by atoms with Crippen molar-refractivity contribution in [1.82, 2.24) is 4.98 Å².